The van der Waals surface area contributed by atoms with Crippen LogP contribution in [0.5, 0.6) is 5.75 Å². The van der Waals surface area contributed by atoms with Gasteiger partial charge in [-0.15, -0.1) is 0 Å². The van der Waals surface area contributed by atoms with E-state index in [9.17, 15) is 5.11 Å². The fraction of sp³-hybridized carbons (Fsp3) is 0.667. The van der Waals surface area contributed by atoms with Crippen LogP contribution >= 0.6 is 0 Å². The highest BCUT2D eigenvalue weighted by Crippen LogP contribution is 2.29. The maximum absolute atomic E-state index is 9.51. The highest BCUT2D eigenvalue weighted by atomic mass is 16.5. The number of hydrogen-bond acceptors (Lipinski definition) is 3. The van der Waals surface area contributed by atoms with E-state index in [1.165, 1.54) is 17.5 Å². The summed E-state index contributed by atoms with van der Waals surface area (Å²) < 4.78 is 5.32. The van der Waals surface area contributed by atoms with Crippen LogP contribution < -0.4 is 4.74 Å². The van der Waals surface area contributed by atoms with Gasteiger partial charge in [0.2, 0.25) is 0 Å². The molecular formula is C18H29NO2. The van der Waals surface area contributed by atoms with Gasteiger partial charge in [0.15, 0.2) is 0 Å². The molecule has 0 bridgehead atoms. The van der Waals surface area contributed by atoms with Crippen LogP contribution in [0.4, 0.5) is 0 Å². The van der Waals surface area contributed by atoms with Crippen molar-refractivity contribution in [2.24, 2.45) is 5.41 Å². The van der Waals surface area contributed by atoms with E-state index in [0.29, 0.717) is 6.04 Å². The van der Waals surface area contributed by atoms with Gasteiger partial charge in [-0.05, 0) is 49.1 Å². The summed E-state index contributed by atoms with van der Waals surface area (Å²) in [4.78, 5) is 2.53. The number of fused-ring (bicyclic) bond motifs is 1. The van der Waals surface area contributed by atoms with Crippen molar-refractivity contribution in [2.75, 3.05) is 26.8 Å². The topological polar surface area (TPSA) is 32.7 Å². The highest BCUT2D eigenvalue weighted by molar-refractivity contribution is 5.37. The van der Waals surface area contributed by atoms with Gasteiger partial charge in [0, 0.05) is 24.6 Å². The third-order valence-electron chi connectivity index (χ3n) is 4.60. The third-order valence-corrected chi connectivity index (χ3v) is 4.60. The smallest absolute Gasteiger partial charge is 0.119 e. The number of benzene rings is 1. The fourth-order valence-corrected chi connectivity index (χ4v) is 3.25. The molecule has 0 heterocycles. The van der Waals surface area contributed by atoms with Crippen LogP contribution in [-0.4, -0.2) is 42.9 Å². The summed E-state index contributed by atoms with van der Waals surface area (Å²) >= 11 is 0. The van der Waals surface area contributed by atoms with Crippen molar-refractivity contribution in [3.63, 3.8) is 0 Å². The maximum atomic E-state index is 9.51. The molecule has 0 fully saturated rings. The third kappa shape index (κ3) is 3.98. The van der Waals surface area contributed by atoms with Crippen molar-refractivity contribution in [1.82, 2.24) is 4.90 Å². The number of nitrogens with zero attached hydrogens (tertiary/aromatic N) is 1. The Labute approximate surface area is 128 Å². The average Bonchev–Trinajstić information content (AvgIpc) is 2.51. The summed E-state index contributed by atoms with van der Waals surface area (Å²) in [6.45, 7) is 8.73. The van der Waals surface area contributed by atoms with Gasteiger partial charge in [0.25, 0.3) is 0 Å². The van der Waals surface area contributed by atoms with Gasteiger partial charge in [0.1, 0.15) is 5.75 Å². The monoisotopic (exact) mass is 291 g/mol. The zero-order valence-corrected chi connectivity index (χ0v) is 13.9. The molecule has 3 heteroatoms. The lowest BCUT2D eigenvalue weighted by Gasteiger charge is -2.39. The molecule has 2 rings (SSSR count). The first-order chi connectivity index (χ1) is 9.99. The SMILES string of the molecule is CCN(CC(C)(C)CO)C1CCc2cc(OC)ccc2C1. The number of hydrogen-bond donors (Lipinski definition) is 1. The minimum Gasteiger partial charge on any atom is -0.497 e. The Hall–Kier alpha value is -1.06. The number of methoxy groups -OCH3 is 1. The van der Waals surface area contributed by atoms with E-state index < -0.39 is 0 Å². The molecule has 1 aromatic carbocycles. The normalized spacial score (nSPS) is 18.7. The molecule has 21 heavy (non-hydrogen) atoms. The zero-order chi connectivity index (χ0) is 15.5. The van der Waals surface area contributed by atoms with E-state index in [0.717, 1.165) is 31.7 Å². The average molecular weight is 291 g/mol. The summed E-state index contributed by atoms with van der Waals surface area (Å²) in [5.41, 5.74) is 2.85. The van der Waals surface area contributed by atoms with E-state index >= 15 is 0 Å². The van der Waals surface area contributed by atoms with Crippen molar-refractivity contribution < 1.29 is 9.84 Å². The van der Waals surface area contributed by atoms with E-state index in [1.807, 2.05) is 0 Å². The lowest BCUT2D eigenvalue weighted by molar-refractivity contribution is 0.0770. The van der Waals surface area contributed by atoms with Gasteiger partial charge in [-0.2, -0.15) is 0 Å². The minimum atomic E-state index is -0.0316. The van der Waals surface area contributed by atoms with Gasteiger partial charge < -0.3 is 9.84 Å². The molecule has 0 saturated heterocycles. The standard InChI is InChI=1S/C18H29NO2/c1-5-19(12-18(2,3)13-20)16-8-6-15-11-17(21-4)9-7-14(15)10-16/h7,9,11,16,20H,5-6,8,10,12-13H2,1-4H3. The van der Waals surface area contributed by atoms with Gasteiger partial charge in [-0.1, -0.05) is 26.8 Å². The van der Waals surface area contributed by atoms with Crippen LogP contribution in [0.25, 0.3) is 0 Å². The molecule has 0 radical (unpaired) electrons. The Kier molecular flexibility index (Phi) is 5.28. The highest BCUT2D eigenvalue weighted by Gasteiger charge is 2.28. The predicted molar refractivity (Wildman–Crippen MR) is 86.9 cm³/mol. The number of aryl methyl sites for hydroxylation is 1. The Morgan fingerprint density at radius 2 is 2.10 bits per heavy atom. The molecule has 3 nitrogen and oxygen atoms in total. The van der Waals surface area contributed by atoms with Crippen LogP contribution in [0.2, 0.25) is 0 Å². The first kappa shape index (κ1) is 16.3. The second kappa shape index (κ2) is 6.80. The molecule has 1 unspecified atom stereocenters. The lowest BCUT2D eigenvalue weighted by Crippen LogP contribution is -2.45. The summed E-state index contributed by atoms with van der Waals surface area (Å²) in [7, 11) is 1.73. The largest absolute Gasteiger partial charge is 0.497 e. The molecule has 0 saturated carbocycles. The maximum Gasteiger partial charge on any atom is 0.119 e. The zero-order valence-electron chi connectivity index (χ0n) is 13.9. The lowest BCUT2D eigenvalue weighted by atomic mass is 9.85. The van der Waals surface area contributed by atoms with E-state index in [4.69, 9.17) is 4.74 Å². The molecule has 1 aromatic rings. The van der Waals surface area contributed by atoms with E-state index in [-0.39, 0.29) is 12.0 Å². The number of aliphatic hydroxyl groups is 1. The van der Waals surface area contributed by atoms with Crippen molar-refractivity contribution in [3.05, 3.63) is 29.3 Å². The molecular weight excluding hydrogens is 262 g/mol. The number of rotatable bonds is 6. The minimum absolute atomic E-state index is 0.0316. The van der Waals surface area contributed by atoms with E-state index in [2.05, 4.69) is 43.9 Å². The molecule has 0 amide bonds. The van der Waals surface area contributed by atoms with Crippen LogP contribution in [0.15, 0.2) is 18.2 Å². The second-order valence-corrected chi connectivity index (χ2v) is 6.92. The van der Waals surface area contributed by atoms with Crippen molar-refractivity contribution in [1.29, 1.82) is 0 Å². The first-order valence-electron chi connectivity index (χ1n) is 8.00. The van der Waals surface area contributed by atoms with Gasteiger partial charge in [0.05, 0.1) is 7.11 Å². The van der Waals surface area contributed by atoms with Crippen molar-refractivity contribution >= 4 is 0 Å². The Bertz CT molecular complexity index is 470. The molecule has 0 aromatic heterocycles. The summed E-state index contributed by atoms with van der Waals surface area (Å²) in [5, 5.41) is 9.51. The van der Waals surface area contributed by atoms with Crippen molar-refractivity contribution in [2.45, 2.75) is 46.1 Å². The molecule has 1 atom stereocenters. The predicted octanol–water partition coefficient (Wildman–Crippen LogP) is 2.89. The van der Waals surface area contributed by atoms with E-state index in [1.54, 1.807) is 7.11 Å². The van der Waals surface area contributed by atoms with Crippen LogP contribution in [0.1, 0.15) is 38.3 Å². The Morgan fingerprint density at radius 1 is 1.33 bits per heavy atom. The molecule has 118 valence electrons. The van der Waals surface area contributed by atoms with Crippen LogP contribution in [0.3, 0.4) is 0 Å². The van der Waals surface area contributed by atoms with Gasteiger partial charge in [-0.25, -0.2) is 0 Å². The molecule has 1 N–H and O–H groups in total. The summed E-state index contributed by atoms with van der Waals surface area (Å²) in [5.74, 6) is 0.959. The van der Waals surface area contributed by atoms with Crippen LogP contribution in [-0.2, 0) is 12.8 Å². The Balaban J connectivity index is 2.08. The molecule has 1 aliphatic rings. The number of likely N-dealkylation sites (N-methyl/N-ethyl adjacent to an activating group) is 1. The van der Waals surface area contributed by atoms with Crippen LogP contribution in [0, 0.1) is 5.41 Å². The summed E-state index contributed by atoms with van der Waals surface area (Å²) in [6.07, 6.45) is 3.41. The molecule has 1 aliphatic carbocycles. The first-order valence-corrected chi connectivity index (χ1v) is 8.00. The van der Waals surface area contributed by atoms with Gasteiger partial charge in [-0.3, -0.25) is 4.90 Å². The number of ether oxygens (including phenoxy) is 1. The quantitative estimate of drug-likeness (QED) is 0.875. The summed E-state index contributed by atoms with van der Waals surface area (Å²) in [6, 6.07) is 7.04. The molecule has 0 aliphatic heterocycles. The van der Waals surface area contributed by atoms with Crippen molar-refractivity contribution in [3.8, 4) is 5.75 Å². The van der Waals surface area contributed by atoms with Gasteiger partial charge >= 0.3 is 0 Å². The fourth-order valence-electron chi connectivity index (χ4n) is 3.25. The second-order valence-electron chi connectivity index (χ2n) is 6.92. The molecule has 0 spiro atoms. The Morgan fingerprint density at radius 3 is 2.71 bits per heavy atom. The number of aliphatic hydroxyl groups excluding tert-OH is 1.